The molecule has 0 spiro atoms. The van der Waals surface area contributed by atoms with Crippen LogP contribution in [-0.2, 0) is 4.74 Å². The molecule has 3 heterocycles. The molecule has 0 radical (unpaired) electrons. The highest BCUT2D eigenvalue weighted by atomic mass is 32.2. The van der Waals surface area contributed by atoms with E-state index in [1.807, 2.05) is 42.7 Å². The molecule has 1 aromatic carbocycles. The van der Waals surface area contributed by atoms with Crippen molar-refractivity contribution in [2.45, 2.75) is 24.1 Å². The molecule has 2 atom stereocenters. The third-order valence-corrected chi connectivity index (χ3v) is 5.44. The quantitative estimate of drug-likeness (QED) is 0.424. The highest BCUT2D eigenvalue weighted by molar-refractivity contribution is 7.98. The topological polar surface area (TPSA) is 109 Å². The molecule has 3 aromatic rings. The average molecular weight is 456 g/mol. The maximum atomic E-state index is 9.39. The highest BCUT2D eigenvalue weighted by Crippen LogP contribution is 2.33. The van der Waals surface area contributed by atoms with Gasteiger partial charge in [0.2, 0.25) is 5.90 Å². The van der Waals surface area contributed by atoms with Crippen LogP contribution < -0.4 is 9.47 Å². The van der Waals surface area contributed by atoms with Crippen molar-refractivity contribution in [3.8, 4) is 28.5 Å². The third kappa shape index (κ3) is 5.24. The van der Waals surface area contributed by atoms with Crippen molar-refractivity contribution in [1.82, 2.24) is 9.97 Å². The second-order valence-electron chi connectivity index (χ2n) is 7.31. The first kappa shape index (κ1) is 22.2. The number of pyridine rings is 1. The van der Waals surface area contributed by atoms with Crippen LogP contribution in [0.25, 0.3) is 11.3 Å². The summed E-state index contributed by atoms with van der Waals surface area (Å²) in [5.74, 6) is 2.23. The van der Waals surface area contributed by atoms with Crippen LogP contribution in [0.2, 0.25) is 0 Å². The molecule has 0 unspecified atom stereocenters. The number of aliphatic hydroxyl groups excluding tert-OH is 2. The van der Waals surface area contributed by atoms with E-state index in [1.165, 1.54) is 0 Å². The molecule has 1 aliphatic rings. The summed E-state index contributed by atoms with van der Waals surface area (Å²) in [6.07, 6.45) is 3.28. The van der Waals surface area contributed by atoms with E-state index in [1.54, 1.807) is 30.9 Å². The SMILES string of the molecule is CSc1ccc(Oc2cc(O[C@@H](C)CO)cc(-c3ccc(C4=N[C@H](CO)CO4)[nH]3)c2)cn1. The zero-order valence-corrected chi connectivity index (χ0v) is 18.6. The van der Waals surface area contributed by atoms with Gasteiger partial charge in [-0.1, -0.05) is 0 Å². The average Bonchev–Trinajstić information content (AvgIpc) is 3.49. The Morgan fingerprint density at radius 1 is 1.12 bits per heavy atom. The lowest BCUT2D eigenvalue weighted by Gasteiger charge is -2.15. The summed E-state index contributed by atoms with van der Waals surface area (Å²) in [6.45, 7) is 2.01. The van der Waals surface area contributed by atoms with Gasteiger partial charge in [0.1, 0.15) is 41.7 Å². The zero-order chi connectivity index (χ0) is 22.5. The van der Waals surface area contributed by atoms with Gasteiger partial charge < -0.3 is 29.4 Å². The number of thioether (sulfide) groups is 1. The van der Waals surface area contributed by atoms with Crippen LogP contribution in [0, 0.1) is 0 Å². The molecule has 0 saturated carbocycles. The summed E-state index contributed by atoms with van der Waals surface area (Å²) in [7, 11) is 0. The van der Waals surface area contributed by atoms with Gasteiger partial charge in [-0.2, -0.15) is 0 Å². The van der Waals surface area contributed by atoms with E-state index in [4.69, 9.17) is 14.2 Å². The lowest BCUT2D eigenvalue weighted by Crippen LogP contribution is -2.16. The number of nitrogens with one attached hydrogen (secondary N) is 1. The van der Waals surface area contributed by atoms with Gasteiger partial charge in [0.15, 0.2) is 0 Å². The lowest BCUT2D eigenvalue weighted by molar-refractivity contribution is 0.129. The van der Waals surface area contributed by atoms with Crippen LogP contribution in [0.1, 0.15) is 12.6 Å². The number of aromatic nitrogens is 2. The fourth-order valence-corrected chi connectivity index (χ4v) is 3.51. The molecule has 8 nitrogen and oxygen atoms in total. The van der Waals surface area contributed by atoms with Crippen LogP contribution in [-0.4, -0.2) is 64.3 Å². The third-order valence-electron chi connectivity index (χ3n) is 4.78. The Morgan fingerprint density at radius 2 is 1.94 bits per heavy atom. The number of aliphatic hydroxyl groups is 2. The van der Waals surface area contributed by atoms with E-state index in [2.05, 4.69) is 15.0 Å². The Kier molecular flexibility index (Phi) is 6.99. The molecule has 32 heavy (non-hydrogen) atoms. The largest absolute Gasteiger partial charge is 0.488 e. The maximum Gasteiger partial charge on any atom is 0.233 e. The summed E-state index contributed by atoms with van der Waals surface area (Å²) >= 11 is 1.56. The first-order valence-corrected chi connectivity index (χ1v) is 11.4. The second-order valence-corrected chi connectivity index (χ2v) is 8.14. The minimum atomic E-state index is -0.364. The minimum absolute atomic E-state index is 0.0486. The van der Waals surface area contributed by atoms with E-state index >= 15 is 0 Å². The second kappa shape index (κ2) is 10.1. The van der Waals surface area contributed by atoms with Crippen molar-refractivity contribution in [3.05, 3.63) is 54.4 Å². The van der Waals surface area contributed by atoms with E-state index in [0.717, 1.165) is 22.0 Å². The van der Waals surface area contributed by atoms with Gasteiger partial charge in [-0.05, 0) is 49.6 Å². The summed E-state index contributed by atoms with van der Waals surface area (Å²) in [5.41, 5.74) is 2.38. The van der Waals surface area contributed by atoms with Crippen LogP contribution in [0.3, 0.4) is 0 Å². The molecule has 0 fully saturated rings. The predicted octanol–water partition coefficient (Wildman–Crippen LogP) is 3.49. The Hall–Kier alpha value is -3.01. The summed E-state index contributed by atoms with van der Waals surface area (Å²) in [4.78, 5) is 12.0. The first-order valence-electron chi connectivity index (χ1n) is 10.2. The monoisotopic (exact) mass is 455 g/mol. The molecule has 0 saturated heterocycles. The number of rotatable bonds is 9. The summed E-state index contributed by atoms with van der Waals surface area (Å²) in [5, 5.41) is 19.6. The Balaban J connectivity index is 1.63. The van der Waals surface area contributed by atoms with Gasteiger partial charge in [0.05, 0.1) is 24.4 Å². The van der Waals surface area contributed by atoms with Crippen molar-refractivity contribution in [2.75, 3.05) is 26.1 Å². The molecule has 9 heteroatoms. The molecule has 0 amide bonds. The zero-order valence-electron chi connectivity index (χ0n) is 17.8. The standard InChI is InChI=1S/C23H25N3O5S/c1-14(11-27)30-18-7-15(8-19(9-18)31-17-3-6-22(32-2)24-10-17)20-4-5-21(26-20)23-25-16(12-28)13-29-23/h3-10,14,16,26-28H,11-13H2,1-2H3/t14-,16+/m0/s1. The molecule has 168 valence electrons. The fraction of sp³-hybridized carbons (Fsp3) is 0.304. The van der Waals surface area contributed by atoms with E-state index in [-0.39, 0.29) is 25.4 Å². The lowest BCUT2D eigenvalue weighted by atomic mass is 10.1. The van der Waals surface area contributed by atoms with Gasteiger partial charge in [-0.3, -0.25) is 0 Å². The molecule has 3 N–H and O–H groups in total. The van der Waals surface area contributed by atoms with E-state index in [0.29, 0.717) is 29.8 Å². The molecule has 1 aliphatic heterocycles. The number of aromatic amines is 1. The number of H-pyrrole nitrogens is 1. The summed E-state index contributed by atoms with van der Waals surface area (Å²) in [6, 6.07) is 12.9. The van der Waals surface area contributed by atoms with Crippen LogP contribution in [0.15, 0.2) is 58.7 Å². The van der Waals surface area contributed by atoms with E-state index < -0.39 is 0 Å². The first-order chi connectivity index (χ1) is 15.6. The van der Waals surface area contributed by atoms with E-state index in [9.17, 15) is 10.2 Å². The van der Waals surface area contributed by atoms with Crippen molar-refractivity contribution in [1.29, 1.82) is 0 Å². The van der Waals surface area contributed by atoms with Crippen LogP contribution >= 0.6 is 11.8 Å². The van der Waals surface area contributed by atoms with Crippen molar-refractivity contribution < 1.29 is 24.4 Å². The number of aliphatic imine (C=N–C) groups is 1. The molecule has 4 rings (SSSR count). The number of benzene rings is 1. The Bertz CT molecular complexity index is 1080. The predicted molar refractivity (Wildman–Crippen MR) is 123 cm³/mol. The number of ether oxygens (including phenoxy) is 3. The molecular weight excluding hydrogens is 430 g/mol. The van der Waals surface area contributed by atoms with Gasteiger partial charge >= 0.3 is 0 Å². The molecule has 0 aliphatic carbocycles. The number of hydrogen-bond donors (Lipinski definition) is 3. The molecular formula is C23H25N3O5S. The normalized spacial score (nSPS) is 16.4. The summed E-state index contributed by atoms with van der Waals surface area (Å²) < 4.78 is 17.4. The molecule has 0 bridgehead atoms. The van der Waals surface area contributed by atoms with Crippen molar-refractivity contribution >= 4 is 17.7 Å². The maximum absolute atomic E-state index is 9.39. The fourth-order valence-electron chi connectivity index (χ4n) is 3.15. The smallest absolute Gasteiger partial charge is 0.233 e. The Labute approximate surface area is 190 Å². The van der Waals surface area contributed by atoms with Gasteiger partial charge in [-0.15, -0.1) is 11.8 Å². The van der Waals surface area contributed by atoms with Crippen molar-refractivity contribution in [2.24, 2.45) is 4.99 Å². The number of nitrogens with zero attached hydrogens (tertiary/aromatic N) is 2. The molecule has 2 aromatic heterocycles. The Morgan fingerprint density at radius 3 is 2.62 bits per heavy atom. The van der Waals surface area contributed by atoms with Crippen molar-refractivity contribution in [3.63, 3.8) is 0 Å². The minimum Gasteiger partial charge on any atom is -0.488 e. The number of hydrogen-bond acceptors (Lipinski definition) is 8. The van der Waals surface area contributed by atoms with Crippen LogP contribution in [0.4, 0.5) is 0 Å². The highest BCUT2D eigenvalue weighted by Gasteiger charge is 2.21. The van der Waals surface area contributed by atoms with Gasteiger partial charge in [0, 0.05) is 17.3 Å². The van der Waals surface area contributed by atoms with Gasteiger partial charge in [0.25, 0.3) is 0 Å². The van der Waals surface area contributed by atoms with Crippen LogP contribution in [0.5, 0.6) is 17.2 Å². The van der Waals surface area contributed by atoms with Gasteiger partial charge in [-0.25, -0.2) is 9.98 Å².